The molecule has 6 atom stereocenters. The second-order valence-corrected chi connectivity index (χ2v) is 24.4. The number of nitrogens with zero attached hydrogens (tertiary/aromatic N) is 2. The third kappa shape index (κ3) is 26.3. The van der Waals surface area contributed by atoms with Crippen LogP contribution < -0.4 is 32.0 Å². The number of hydrazine groups is 1. The molecule has 0 aliphatic heterocycles. The van der Waals surface area contributed by atoms with Crippen LogP contribution in [0.1, 0.15) is 99.3 Å². The molecule has 0 aliphatic rings. The number of carbonyl (C=O) groups excluding carboxylic acids is 7. The quantitative estimate of drug-likeness (QED) is 0.0120. The SMILES string of the molecule is COCCOCCOCCOC(=O)N[C@H](C(=O)N[C@@H](Cc1ccccc1)[C@H](CN(Cc1ccc(-c2ccccn2)cc1)NC(=O)[C@@H](NC(=O)OC)C(C)(C)C)OC(=O)[C@H](Cc1ccccc1)NC(=O)[C@H](CC(C)C)NC(=O)OC(C)(C)C)C(C)(C)C. The maximum absolute atomic E-state index is 15.5. The number of hydrogen-bond donors (Lipinski definition) is 6. The van der Waals surface area contributed by atoms with Crippen molar-refractivity contribution < 1.29 is 66.7 Å². The van der Waals surface area contributed by atoms with Crippen molar-refractivity contribution in [3.63, 3.8) is 0 Å². The van der Waals surface area contributed by atoms with Crippen LogP contribution in [0.15, 0.2) is 109 Å². The smallest absolute Gasteiger partial charge is 0.408 e. The molecule has 4 rings (SSSR count). The Kier molecular flexibility index (Phi) is 28.9. The van der Waals surface area contributed by atoms with E-state index < -0.39 is 94.7 Å². The van der Waals surface area contributed by atoms with E-state index in [9.17, 15) is 24.0 Å². The second kappa shape index (κ2) is 35.1. The fourth-order valence-corrected chi connectivity index (χ4v) is 8.82. The Labute approximate surface area is 507 Å². The molecule has 472 valence electrons. The van der Waals surface area contributed by atoms with Crippen LogP contribution in [0.2, 0.25) is 0 Å². The molecule has 4 aromatic rings. The van der Waals surface area contributed by atoms with Gasteiger partial charge in [-0.05, 0) is 79.2 Å². The van der Waals surface area contributed by atoms with Crippen molar-refractivity contribution in [1.29, 1.82) is 0 Å². The van der Waals surface area contributed by atoms with Gasteiger partial charge in [0.05, 0.1) is 58.4 Å². The molecule has 22 heteroatoms. The van der Waals surface area contributed by atoms with Crippen molar-refractivity contribution in [3.05, 3.63) is 126 Å². The minimum atomic E-state index is -1.40. The topological polar surface area (TPSA) is 272 Å². The minimum absolute atomic E-state index is 0.0245. The van der Waals surface area contributed by atoms with Gasteiger partial charge >= 0.3 is 24.2 Å². The lowest BCUT2D eigenvalue weighted by Gasteiger charge is -2.37. The molecule has 6 N–H and O–H groups in total. The number of hydrogen-bond acceptors (Lipinski definition) is 16. The third-order valence-corrected chi connectivity index (χ3v) is 13.1. The summed E-state index contributed by atoms with van der Waals surface area (Å²) in [6.45, 7) is 20.4. The molecule has 0 unspecified atom stereocenters. The summed E-state index contributed by atoms with van der Waals surface area (Å²) in [4.78, 5) is 104. The minimum Gasteiger partial charge on any atom is -0.457 e. The number of carbonyl (C=O) groups is 7. The van der Waals surface area contributed by atoms with Gasteiger partial charge in [0.1, 0.15) is 42.5 Å². The van der Waals surface area contributed by atoms with Crippen LogP contribution >= 0.6 is 0 Å². The summed E-state index contributed by atoms with van der Waals surface area (Å²) in [6, 6.07) is 25.0. The highest BCUT2D eigenvalue weighted by atomic mass is 16.6. The van der Waals surface area contributed by atoms with Crippen LogP contribution in [0.4, 0.5) is 14.4 Å². The van der Waals surface area contributed by atoms with Crippen molar-refractivity contribution in [2.45, 2.75) is 144 Å². The molecule has 1 aromatic heterocycles. The van der Waals surface area contributed by atoms with Gasteiger partial charge in [0.15, 0.2) is 0 Å². The zero-order valence-electron chi connectivity index (χ0n) is 52.3. The van der Waals surface area contributed by atoms with Gasteiger partial charge in [0, 0.05) is 31.8 Å². The predicted octanol–water partition coefficient (Wildman–Crippen LogP) is 7.48. The zero-order valence-corrected chi connectivity index (χ0v) is 52.3. The first kappa shape index (κ1) is 70.8. The van der Waals surface area contributed by atoms with Crippen LogP contribution in [0.25, 0.3) is 11.3 Å². The van der Waals surface area contributed by atoms with E-state index >= 15 is 9.59 Å². The van der Waals surface area contributed by atoms with E-state index in [2.05, 4.69) is 37.0 Å². The number of methoxy groups -OCH3 is 2. The number of pyridine rings is 1. The predicted molar refractivity (Wildman–Crippen MR) is 325 cm³/mol. The van der Waals surface area contributed by atoms with Crippen LogP contribution in [0.5, 0.6) is 0 Å². The van der Waals surface area contributed by atoms with E-state index in [1.165, 1.54) is 12.1 Å². The Morgan fingerprint density at radius 2 is 1.10 bits per heavy atom. The van der Waals surface area contributed by atoms with Gasteiger partial charge in [-0.25, -0.2) is 24.2 Å². The van der Waals surface area contributed by atoms with Crippen molar-refractivity contribution in [2.75, 3.05) is 60.4 Å². The molecular weight excluding hydrogens is 1100 g/mol. The van der Waals surface area contributed by atoms with Gasteiger partial charge < -0.3 is 59.7 Å². The van der Waals surface area contributed by atoms with Crippen molar-refractivity contribution in [1.82, 2.24) is 42.0 Å². The lowest BCUT2D eigenvalue weighted by Crippen LogP contribution is -2.62. The molecular formula is C64H92N8O14. The standard InChI is InChI=1S/C64H92N8O14/c1-43(2)38-50(68-61(79)86-64(9,10)11)55(73)67-51(40-45-24-18-15-19-25-45)58(76)85-52(42-72(71-57(75)54(63(6,7)8)69-59(77)81-13)41-46-27-29-47(30-28-46)48-26-20-21-31-65-48)49(39-44-22-16-14-17-23-44)66-56(74)53(62(3,4)5)70-60(78)84-37-36-83-35-34-82-33-32-80-12/h14-31,43,49-54H,32-42H2,1-13H3,(H,66,74)(H,67,73)(H,68,79)(H,69,77)(H,70,78)(H,71,75)/t49-,50-,51-,52-,53+,54+/m0/s1. The number of rotatable bonds is 32. The molecule has 0 bridgehead atoms. The molecule has 0 fully saturated rings. The average Bonchev–Trinajstić information content (AvgIpc) is 3.64. The number of amides is 6. The normalized spacial score (nSPS) is 13.8. The fourth-order valence-electron chi connectivity index (χ4n) is 8.82. The molecule has 0 aliphatic carbocycles. The van der Waals surface area contributed by atoms with E-state index in [4.69, 9.17) is 33.2 Å². The zero-order chi connectivity index (χ0) is 63.5. The van der Waals surface area contributed by atoms with Gasteiger partial charge in [-0.3, -0.25) is 24.8 Å². The van der Waals surface area contributed by atoms with Crippen molar-refractivity contribution in [2.24, 2.45) is 16.7 Å². The summed E-state index contributed by atoms with van der Waals surface area (Å²) in [6.07, 6.45) is -2.15. The Hall–Kier alpha value is -7.66. The van der Waals surface area contributed by atoms with Gasteiger partial charge in [0.25, 0.3) is 5.91 Å². The molecule has 86 heavy (non-hydrogen) atoms. The van der Waals surface area contributed by atoms with Crippen molar-refractivity contribution in [3.8, 4) is 11.3 Å². The first-order chi connectivity index (χ1) is 40.6. The maximum atomic E-state index is 15.5. The van der Waals surface area contributed by atoms with Crippen LogP contribution in [-0.4, -0.2) is 154 Å². The van der Waals surface area contributed by atoms with Gasteiger partial charge in [-0.15, -0.1) is 0 Å². The molecule has 6 amide bonds. The largest absolute Gasteiger partial charge is 0.457 e. The highest BCUT2D eigenvalue weighted by molar-refractivity contribution is 5.90. The van der Waals surface area contributed by atoms with E-state index in [1.54, 1.807) is 99.9 Å². The molecule has 0 saturated heterocycles. The monoisotopic (exact) mass is 1200 g/mol. The van der Waals surface area contributed by atoms with Crippen LogP contribution in [-0.2, 0) is 71.7 Å². The number of nitrogens with one attached hydrogen (secondary N) is 6. The Balaban J connectivity index is 1.88. The molecule has 1 heterocycles. The Bertz CT molecular complexity index is 2720. The van der Waals surface area contributed by atoms with Gasteiger partial charge in [0.2, 0.25) is 11.8 Å². The second-order valence-electron chi connectivity index (χ2n) is 24.4. The van der Waals surface area contributed by atoms with Crippen LogP contribution in [0.3, 0.4) is 0 Å². The summed E-state index contributed by atoms with van der Waals surface area (Å²) in [5.41, 5.74) is 3.89. The number of ether oxygens (including phenoxy) is 7. The average molecular weight is 1200 g/mol. The Morgan fingerprint density at radius 1 is 0.547 bits per heavy atom. The lowest BCUT2D eigenvalue weighted by molar-refractivity contribution is -0.157. The molecule has 0 spiro atoms. The first-order valence-electron chi connectivity index (χ1n) is 29.0. The molecule has 3 aromatic carbocycles. The lowest BCUT2D eigenvalue weighted by atomic mass is 9.85. The summed E-state index contributed by atoms with van der Waals surface area (Å²) in [7, 11) is 2.76. The summed E-state index contributed by atoms with van der Waals surface area (Å²) in [5, 5.41) is 15.6. The van der Waals surface area contributed by atoms with E-state index in [0.29, 0.717) is 36.5 Å². The number of alkyl carbamates (subject to hydrolysis) is 3. The summed E-state index contributed by atoms with van der Waals surface area (Å²) in [5.74, 6) is -3.03. The van der Waals surface area contributed by atoms with E-state index in [0.717, 1.165) is 11.3 Å². The number of esters is 1. The molecule has 22 nitrogen and oxygen atoms in total. The first-order valence-corrected chi connectivity index (χ1v) is 29.0. The summed E-state index contributed by atoms with van der Waals surface area (Å²) < 4.78 is 38.6. The van der Waals surface area contributed by atoms with E-state index in [1.807, 2.05) is 92.7 Å². The van der Waals surface area contributed by atoms with Gasteiger partial charge in [-0.2, -0.15) is 0 Å². The maximum Gasteiger partial charge on any atom is 0.408 e. The summed E-state index contributed by atoms with van der Waals surface area (Å²) >= 11 is 0. The molecule has 0 saturated carbocycles. The van der Waals surface area contributed by atoms with Gasteiger partial charge in [-0.1, -0.05) is 146 Å². The van der Waals surface area contributed by atoms with Crippen molar-refractivity contribution >= 4 is 42.0 Å². The Morgan fingerprint density at radius 3 is 1.65 bits per heavy atom. The highest BCUT2D eigenvalue weighted by Crippen LogP contribution is 2.24. The molecule has 0 radical (unpaired) electrons. The number of benzene rings is 3. The third-order valence-electron chi connectivity index (χ3n) is 13.1. The highest BCUT2D eigenvalue weighted by Gasteiger charge is 2.40. The fraction of sp³-hybridized carbons (Fsp3) is 0.531. The number of aromatic nitrogens is 1. The van der Waals surface area contributed by atoms with E-state index in [-0.39, 0.29) is 58.1 Å². The van der Waals surface area contributed by atoms with Crippen LogP contribution in [0, 0.1) is 16.7 Å².